The van der Waals surface area contributed by atoms with Gasteiger partial charge in [0.2, 0.25) is 15.7 Å². The Balaban J connectivity index is 1.78. The predicted octanol–water partition coefficient (Wildman–Crippen LogP) is 4.53. The molecule has 41 heavy (non-hydrogen) atoms. The Hall–Kier alpha value is -5.03. The maximum Gasteiger partial charge on any atom is 0.281 e. The quantitative estimate of drug-likeness (QED) is 0.300. The summed E-state index contributed by atoms with van der Waals surface area (Å²) in [5.74, 6) is -0.544. The third kappa shape index (κ3) is 4.91. The normalized spacial score (nSPS) is 11.3. The lowest BCUT2D eigenvalue weighted by atomic mass is 10.1. The molecule has 208 valence electrons. The Morgan fingerprint density at radius 2 is 1.56 bits per heavy atom. The Morgan fingerprint density at radius 1 is 0.878 bits per heavy atom. The highest BCUT2D eigenvalue weighted by Gasteiger charge is 2.32. The van der Waals surface area contributed by atoms with E-state index in [2.05, 4.69) is 15.0 Å². The third-order valence-corrected chi connectivity index (χ3v) is 8.32. The molecule has 3 aromatic heterocycles. The lowest BCUT2D eigenvalue weighted by Crippen LogP contribution is -2.28. The summed E-state index contributed by atoms with van der Waals surface area (Å²) in [6, 6.07) is 16.2. The second-order valence-electron chi connectivity index (χ2n) is 9.15. The van der Waals surface area contributed by atoms with Crippen LogP contribution >= 0.6 is 0 Å². The summed E-state index contributed by atoms with van der Waals surface area (Å²) in [5.41, 5.74) is 2.56. The van der Waals surface area contributed by atoms with Crippen LogP contribution in [-0.4, -0.2) is 47.3 Å². The number of methoxy groups -OCH3 is 2. The number of benzene rings is 2. The Kier molecular flexibility index (Phi) is 7.29. The Labute approximate surface area is 236 Å². The fourth-order valence-corrected chi connectivity index (χ4v) is 5.92. The van der Waals surface area contributed by atoms with Crippen LogP contribution in [0.4, 0.5) is 0 Å². The van der Waals surface area contributed by atoms with Crippen LogP contribution in [0.5, 0.6) is 17.4 Å². The van der Waals surface area contributed by atoms with Gasteiger partial charge in [0.1, 0.15) is 17.2 Å². The minimum atomic E-state index is -4.54. The molecule has 2 aromatic carbocycles. The fourth-order valence-electron chi connectivity index (χ4n) is 4.58. The second kappa shape index (κ2) is 10.9. The highest BCUT2D eigenvalue weighted by molar-refractivity contribution is 7.91. The molecular formula is C30H26N4O6S. The summed E-state index contributed by atoms with van der Waals surface area (Å²) in [5, 5.41) is 11.0. The van der Waals surface area contributed by atoms with Crippen molar-refractivity contribution in [3.05, 3.63) is 101 Å². The summed E-state index contributed by atoms with van der Waals surface area (Å²) in [4.78, 5) is 25.8. The van der Waals surface area contributed by atoms with Gasteiger partial charge in [-0.05, 0) is 61.4 Å². The standard InChI is InChI=1S/C30H26N4O6S/c1-18-15-21(17-31-16-18)28-33-29(35)27(30(36)34(28)26-24(39-3)8-5-9-25(26)40-4)41(37,38)22-12-10-20(11-13-22)23-7-6-14-32-19(23)2/h5-17,35H,1-4H3. The van der Waals surface area contributed by atoms with Gasteiger partial charge >= 0.3 is 0 Å². The van der Waals surface area contributed by atoms with Gasteiger partial charge in [-0.25, -0.2) is 8.42 Å². The Morgan fingerprint density at radius 3 is 2.17 bits per heavy atom. The summed E-state index contributed by atoms with van der Waals surface area (Å²) in [7, 11) is -1.72. The zero-order valence-electron chi connectivity index (χ0n) is 22.7. The van der Waals surface area contributed by atoms with Gasteiger partial charge in [-0.3, -0.25) is 19.3 Å². The molecule has 10 nitrogen and oxygen atoms in total. The first-order valence-electron chi connectivity index (χ1n) is 12.4. The molecule has 1 N–H and O–H groups in total. The average Bonchev–Trinajstić information content (AvgIpc) is 2.97. The molecule has 0 atom stereocenters. The summed E-state index contributed by atoms with van der Waals surface area (Å²) in [6.07, 6.45) is 4.75. The van der Waals surface area contributed by atoms with E-state index in [1.54, 1.807) is 61.8 Å². The molecule has 0 saturated carbocycles. The van der Waals surface area contributed by atoms with Crippen molar-refractivity contribution >= 4 is 9.84 Å². The van der Waals surface area contributed by atoms with Crippen LogP contribution in [-0.2, 0) is 9.84 Å². The summed E-state index contributed by atoms with van der Waals surface area (Å²) >= 11 is 0. The van der Waals surface area contributed by atoms with E-state index in [9.17, 15) is 18.3 Å². The number of para-hydroxylation sites is 1. The van der Waals surface area contributed by atoms with Crippen LogP contribution in [0.15, 0.2) is 93.8 Å². The van der Waals surface area contributed by atoms with E-state index >= 15 is 0 Å². The minimum Gasteiger partial charge on any atom is -0.494 e. The molecule has 0 amide bonds. The van der Waals surface area contributed by atoms with E-state index in [-0.39, 0.29) is 27.9 Å². The summed E-state index contributed by atoms with van der Waals surface area (Å²) in [6.45, 7) is 3.65. The van der Waals surface area contributed by atoms with Crippen molar-refractivity contribution in [1.29, 1.82) is 0 Å². The highest BCUT2D eigenvalue weighted by Crippen LogP contribution is 2.36. The number of pyridine rings is 2. The average molecular weight is 571 g/mol. The number of hydrogen-bond acceptors (Lipinski definition) is 9. The van der Waals surface area contributed by atoms with Gasteiger partial charge in [-0.2, -0.15) is 4.98 Å². The van der Waals surface area contributed by atoms with Gasteiger partial charge in [-0.15, -0.1) is 0 Å². The van der Waals surface area contributed by atoms with E-state index in [1.807, 2.05) is 13.0 Å². The maximum atomic E-state index is 14.2. The molecule has 0 aliphatic rings. The molecule has 0 bridgehead atoms. The van der Waals surface area contributed by atoms with Crippen molar-refractivity contribution in [3.8, 4) is 45.6 Å². The van der Waals surface area contributed by atoms with Crippen molar-refractivity contribution in [3.63, 3.8) is 0 Å². The van der Waals surface area contributed by atoms with E-state index in [0.29, 0.717) is 5.56 Å². The molecule has 0 unspecified atom stereocenters. The lowest BCUT2D eigenvalue weighted by molar-refractivity contribution is 0.388. The first kappa shape index (κ1) is 27.5. The molecule has 0 aliphatic heterocycles. The van der Waals surface area contributed by atoms with E-state index in [1.165, 1.54) is 32.5 Å². The minimum absolute atomic E-state index is 0.0483. The van der Waals surface area contributed by atoms with Crippen molar-refractivity contribution < 1.29 is 23.0 Å². The van der Waals surface area contributed by atoms with Crippen molar-refractivity contribution in [2.24, 2.45) is 0 Å². The molecule has 5 rings (SSSR count). The van der Waals surface area contributed by atoms with Crippen molar-refractivity contribution in [1.82, 2.24) is 19.5 Å². The summed E-state index contributed by atoms with van der Waals surface area (Å²) < 4.78 is 39.9. The lowest BCUT2D eigenvalue weighted by Gasteiger charge is -2.19. The molecule has 0 aliphatic carbocycles. The van der Waals surface area contributed by atoms with Gasteiger partial charge in [-0.1, -0.05) is 24.3 Å². The zero-order chi connectivity index (χ0) is 29.3. The van der Waals surface area contributed by atoms with E-state index in [4.69, 9.17) is 9.47 Å². The van der Waals surface area contributed by atoms with E-state index < -0.39 is 26.2 Å². The molecule has 0 saturated heterocycles. The van der Waals surface area contributed by atoms with Gasteiger partial charge < -0.3 is 14.6 Å². The van der Waals surface area contributed by atoms with Crippen molar-refractivity contribution in [2.75, 3.05) is 14.2 Å². The van der Waals surface area contributed by atoms with Crippen LogP contribution < -0.4 is 15.0 Å². The number of aromatic hydroxyl groups is 1. The first-order valence-corrected chi connectivity index (χ1v) is 13.9. The Bertz CT molecular complexity index is 1910. The van der Waals surface area contributed by atoms with Gasteiger partial charge in [0, 0.05) is 35.4 Å². The fraction of sp³-hybridized carbons (Fsp3) is 0.133. The smallest absolute Gasteiger partial charge is 0.281 e. The molecule has 11 heteroatoms. The predicted molar refractivity (Wildman–Crippen MR) is 152 cm³/mol. The third-order valence-electron chi connectivity index (χ3n) is 6.53. The van der Waals surface area contributed by atoms with Crippen LogP contribution in [0.1, 0.15) is 11.3 Å². The second-order valence-corrected chi connectivity index (χ2v) is 11.0. The van der Waals surface area contributed by atoms with Gasteiger partial charge in [0.05, 0.1) is 19.1 Å². The highest BCUT2D eigenvalue weighted by atomic mass is 32.2. The topological polar surface area (TPSA) is 134 Å². The van der Waals surface area contributed by atoms with Crippen molar-refractivity contribution in [2.45, 2.75) is 23.6 Å². The molecule has 0 fully saturated rings. The van der Waals surface area contributed by atoms with Crippen LogP contribution in [0.3, 0.4) is 0 Å². The SMILES string of the molecule is COc1cccc(OC)c1-n1c(-c2cncc(C)c2)nc(O)c(S(=O)(=O)c2ccc(-c3cccnc3C)cc2)c1=O. The zero-order valence-corrected chi connectivity index (χ0v) is 23.5. The molecule has 0 radical (unpaired) electrons. The molecule has 5 aromatic rings. The number of ether oxygens (including phenoxy) is 2. The van der Waals surface area contributed by atoms with Gasteiger partial charge in [0.15, 0.2) is 10.7 Å². The first-order chi connectivity index (χ1) is 19.7. The number of sulfone groups is 1. The van der Waals surface area contributed by atoms with Gasteiger partial charge in [0.25, 0.3) is 5.56 Å². The van der Waals surface area contributed by atoms with Crippen LogP contribution in [0.25, 0.3) is 28.2 Å². The number of rotatable bonds is 7. The number of aromatic nitrogens is 4. The molecular weight excluding hydrogens is 544 g/mol. The number of nitrogens with zero attached hydrogens (tertiary/aromatic N) is 4. The van der Waals surface area contributed by atoms with E-state index in [0.717, 1.165) is 27.0 Å². The van der Waals surface area contributed by atoms with Crippen LogP contribution in [0, 0.1) is 13.8 Å². The maximum absolute atomic E-state index is 14.2. The monoisotopic (exact) mass is 570 g/mol. The molecule has 3 heterocycles. The number of hydrogen-bond donors (Lipinski definition) is 1. The largest absolute Gasteiger partial charge is 0.494 e. The number of aryl methyl sites for hydroxylation is 2. The molecule has 0 spiro atoms. The van der Waals surface area contributed by atoms with Crippen LogP contribution in [0.2, 0.25) is 0 Å².